The third kappa shape index (κ3) is 6.17. The van der Waals surface area contributed by atoms with Crippen LogP contribution in [0, 0.1) is 0 Å². The Morgan fingerprint density at radius 2 is 1.91 bits per heavy atom. The quantitative estimate of drug-likeness (QED) is 0.444. The Morgan fingerprint density at radius 3 is 2.48 bits per heavy atom. The molecule has 0 atom stereocenters. The van der Waals surface area contributed by atoms with Gasteiger partial charge in [-0.1, -0.05) is 26.8 Å². The summed E-state index contributed by atoms with van der Waals surface area (Å²) >= 11 is 0. The van der Waals surface area contributed by atoms with Crippen molar-refractivity contribution in [1.29, 1.82) is 0 Å². The molecule has 0 saturated heterocycles. The van der Waals surface area contributed by atoms with E-state index >= 15 is 0 Å². The molecule has 126 valence electrons. The zero-order chi connectivity index (χ0) is 16.0. The number of halogens is 1. The lowest BCUT2D eigenvalue weighted by Crippen LogP contribution is -2.36. The van der Waals surface area contributed by atoms with Crippen LogP contribution in [0.5, 0.6) is 0 Å². The topological polar surface area (TPSA) is 75.3 Å². The maximum Gasteiger partial charge on any atom is 0.213 e. The van der Waals surface area contributed by atoms with Gasteiger partial charge >= 0.3 is 0 Å². The van der Waals surface area contributed by atoms with Crippen molar-refractivity contribution in [3.8, 4) is 0 Å². The summed E-state index contributed by atoms with van der Waals surface area (Å²) in [6.45, 7) is 7.38. The minimum Gasteiger partial charge on any atom is -0.443 e. The smallest absolute Gasteiger partial charge is 0.213 e. The molecule has 6 nitrogen and oxygen atoms in total. The van der Waals surface area contributed by atoms with Crippen LogP contribution < -0.4 is 10.6 Å². The molecular formula is C16H24IN5O. The van der Waals surface area contributed by atoms with E-state index in [1.807, 2.05) is 18.2 Å². The number of pyridine rings is 1. The standard InChI is InChI=1S/C16H23N5O.HI/c1-16(2,3)13-10-19-14(22-13)11-21-15(17-4)20-9-12-7-5-6-8-18-12;/h5-8,10H,9,11H2,1-4H3,(H2,17,20,21);1H. The third-order valence-corrected chi connectivity index (χ3v) is 3.09. The fraction of sp³-hybridized carbons (Fsp3) is 0.438. The van der Waals surface area contributed by atoms with E-state index in [-0.39, 0.29) is 29.4 Å². The number of guanidine groups is 1. The summed E-state index contributed by atoms with van der Waals surface area (Å²) in [5.74, 6) is 2.20. The van der Waals surface area contributed by atoms with Crippen molar-refractivity contribution in [3.05, 3.63) is 47.9 Å². The summed E-state index contributed by atoms with van der Waals surface area (Å²) in [6, 6.07) is 5.82. The van der Waals surface area contributed by atoms with E-state index in [1.165, 1.54) is 0 Å². The van der Waals surface area contributed by atoms with Gasteiger partial charge in [0.1, 0.15) is 5.76 Å². The minimum atomic E-state index is -0.0375. The second-order valence-corrected chi connectivity index (χ2v) is 5.97. The average Bonchev–Trinajstić information content (AvgIpc) is 2.97. The first-order chi connectivity index (χ1) is 10.5. The zero-order valence-electron chi connectivity index (χ0n) is 14.0. The lowest BCUT2D eigenvalue weighted by Gasteiger charge is -2.13. The van der Waals surface area contributed by atoms with Crippen molar-refractivity contribution in [2.45, 2.75) is 39.3 Å². The molecule has 2 heterocycles. The summed E-state index contributed by atoms with van der Waals surface area (Å²) in [7, 11) is 1.73. The SMILES string of the molecule is CN=C(NCc1ccccn1)NCc1ncc(C(C)(C)C)o1.I. The molecule has 0 unspecified atom stereocenters. The van der Waals surface area contributed by atoms with Crippen LogP contribution in [0.1, 0.15) is 38.1 Å². The number of rotatable bonds is 4. The summed E-state index contributed by atoms with van der Waals surface area (Å²) in [5, 5.41) is 6.38. The molecular weight excluding hydrogens is 405 g/mol. The van der Waals surface area contributed by atoms with Gasteiger partial charge < -0.3 is 15.1 Å². The van der Waals surface area contributed by atoms with Crippen LogP contribution in [-0.4, -0.2) is 23.0 Å². The molecule has 7 heteroatoms. The molecule has 2 rings (SSSR count). The van der Waals surface area contributed by atoms with Crippen LogP contribution in [0.15, 0.2) is 40.0 Å². The Bertz CT molecular complexity index is 619. The van der Waals surface area contributed by atoms with Crippen molar-refractivity contribution >= 4 is 29.9 Å². The molecule has 0 amide bonds. The first-order valence-electron chi connectivity index (χ1n) is 7.28. The molecule has 2 N–H and O–H groups in total. The van der Waals surface area contributed by atoms with Crippen LogP contribution >= 0.6 is 24.0 Å². The van der Waals surface area contributed by atoms with Crippen LogP contribution in [0.2, 0.25) is 0 Å². The van der Waals surface area contributed by atoms with Gasteiger partial charge in [-0.05, 0) is 12.1 Å². The van der Waals surface area contributed by atoms with Gasteiger partial charge in [0.15, 0.2) is 5.96 Å². The van der Waals surface area contributed by atoms with Gasteiger partial charge in [-0.2, -0.15) is 0 Å². The Labute approximate surface area is 154 Å². The molecule has 0 aliphatic heterocycles. The maximum absolute atomic E-state index is 5.74. The van der Waals surface area contributed by atoms with E-state index < -0.39 is 0 Å². The van der Waals surface area contributed by atoms with E-state index in [0.717, 1.165) is 11.5 Å². The largest absolute Gasteiger partial charge is 0.443 e. The summed E-state index contributed by atoms with van der Waals surface area (Å²) < 4.78 is 5.74. The van der Waals surface area contributed by atoms with Crippen molar-refractivity contribution in [1.82, 2.24) is 20.6 Å². The van der Waals surface area contributed by atoms with E-state index in [4.69, 9.17) is 4.42 Å². The predicted octanol–water partition coefficient (Wildman–Crippen LogP) is 2.85. The van der Waals surface area contributed by atoms with Crippen LogP contribution in [-0.2, 0) is 18.5 Å². The number of aromatic nitrogens is 2. The Balaban J connectivity index is 0.00000264. The van der Waals surface area contributed by atoms with Gasteiger partial charge in [-0.25, -0.2) is 4.98 Å². The minimum absolute atomic E-state index is 0. The Morgan fingerprint density at radius 1 is 1.17 bits per heavy atom. The highest BCUT2D eigenvalue weighted by Crippen LogP contribution is 2.22. The molecule has 0 spiro atoms. The molecule has 2 aromatic rings. The average molecular weight is 429 g/mol. The van der Waals surface area contributed by atoms with Crippen LogP contribution in [0.4, 0.5) is 0 Å². The highest BCUT2D eigenvalue weighted by molar-refractivity contribution is 14.0. The predicted molar refractivity (Wildman–Crippen MR) is 102 cm³/mol. The van der Waals surface area contributed by atoms with Gasteiger partial charge in [-0.3, -0.25) is 9.98 Å². The summed E-state index contributed by atoms with van der Waals surface area (Å²) in [5.41, 5.74) is 0.918. The molecule has 0 bridgehead atoms. The summed E-state index contributed by atoms with van der Waals surface area (Å²) in [6.07, 6.45) is 3.55. The van der Waals surface area contributed by atoms with Gasteiger partial charge in [-0.15, -0.1) is 24.0 Å². The van der Waals surface area contributed by atoms with Crippen molar-refractivity contribution in [3.63, 3.8) is 0 Å². The fourth-order valence-corrected chi connectivity index (χ4v) is 1.80. The van der Waals surface area contributed by atoms with Gasteiger partial charge in [0.25, 0.3) is 0 Å². The first-order valence-corrected chi connectivity index (χ1v) is 7.28. The maximum atomic E-state index is 5.74. The molecule has 23 heavy (non-hydrogen) atoms. The molecule has 0 fully saturated rings. The number of nitrogens with one attached hydrogen (secondary N) is 2. The molecule has 0 aromatic carbocycles. The number of hydrogen-bond donors (Lipinski definition) is 2. The van der Waals surface area contributed by atoms with Crippen molar-refractivity contribution in [2.24, 2.45) is 4.99 Å². The monoisotopic (exact) mass is 429 g/mol. The van der Waals surface area contributed by atoms with E-state index in [0.29, 0.717) is 24.9 Å². The summed E-state index contributed by atoms with van der Waals surface area (Å²) in [4.78, 5) is 12.7. The lowest BCUT2D eigenvalue weighted by molar-refractivity contribution is 0.379. The second kappa shape index (κ2) is 8.85. The van der Waals surface area contributed by atoms with E-state index in [9.17, 15) is 0 Å². The van der Waals surface area contributed by atoms with Crippen LogP contribution in [0.25, 0.3) is 0 Å². The number of hydrogen-bond acceptors (Lipinski definition) is 4. The second-order valence-electron chi connectivity index (χ2n) is 5.97. The Hall–Kier alpha value is -1.64. The Kier molecular flexibility index (Phi) is 7.47. The van der Waals surface area contributed by atoms with Gasteiger partial charge in [0.2, 0.25) is 5.89 Å². The number of oxazole rings is 1. The fourth-order valence-electron chi connectivity index (χ4n) is 1.80. The molecule has 0 aliphatic carbocycles. The molecule has 0 radical (unpaired) electrons. The molecule has 0 aliphatic rings. The lowest BCUT2D eigenvalue weighted by atomic mass is 9.94. The number of aliphatic imine (C=N–C) groups is 1. The molecule has 0 saturated carbocycles. The normalized spacial score (nSPS) is 11.7. The molecule has 2 aromatic heterocycles. The third-order valence-electron chi connectivity index (χ3n) is 3.09. The highest BCUT2D eigenvalue weighted by atomic mass is 127. The first kappa shape index (κ1) is 19.4. The highest BCUT2D eigenvalue weighted by Gasteiger charge is 2.19. The van der Waals surface area contributed by atoms with E-state index in [1.54, 1.807) is 19.4 Å². The van der Waals surface area contributed by atoms with E-state index in [2.05, 4.69) is 46.4 Å². The van der Waals surface area contributed by atoms with Gasteiger partial charge in [0, 0.05) is 18.7 Å². The van der Waals surface area contributed by atoms with Crippen molar-refractivity contribution < 1.29 is 4.42 Å². The number of nitrogens with zero attached hydrogens (tertiary/aromatic N) is 3. The van der Waals surface area contributed by atoms with Crippen molar-refractivity contribution in [2.75, 3.05) is 7.05 Å². The van der Waals surface area contributed by atoms with Crippen LogP contribution in [0.3, 0.4) is 0 Å². The van der Waals surface area contributed by atoms with Gasteiger partial charge in [0.05, 0.1) is 25.0 Å². The zero-order valence-corrected chi connectivity index (χ0v) is 16.3.